The number of hydrogen-bond donors (Lipinski definition) is 2. The summed E-state index contributed by atoms with van der Waals surface area (Å²) in [4.78, 5) is 10.7. The SMILES string of the molecule is O=C(O)NCC1OCCc2c(-c3ccccc3)cccc21. The quantitative estimate of drug-likeness (QED) is 0.909. The molecule has 0 fully saturated rings. The molecule has 108 valence electrons. The highest BCUT2D eigenvalue weighted by molar-refractivity contribution is 5.69. The van der Waals surface area contributed by atoms with Crippen LogP contribution in [-0.2, 0) is 11.2 Å². The van der Waals surface area contributed by atoms with Crippen LogP contribution in [0, 0.1) is 0 Å². The lowest BCUT2D eigenvalue weighted by Gasteiger charge is -2.28. The summed E-state index contributed by atoms with van der Waals surface area (Å²) in [6, 6.07) is 16.4. The highest BCUT2D eigenvalue weighted by atomic mass is 16.5. The van der Waals surface area contributed by atoms with Gasteiger partial charge in [-0.2, -0.15) is 0 Å². The van der Waals surface area contributed by atoms with Gasteiger partial charge in [-0.25, -0.2) is 4.79 Å². The third kappa shape index (κ3) is 2.90. The summed E-state index contributed by atoms with van der Waals surface area (Å²) in [7, 11) is 0. The maximum atomic E-state index is 10.7. The van der Waals surface area contributed by atoms with E-state index in [2.05, 4.69) is 23.5 Å². The van der Waals surface area contributed by atoms with Crippen LogP contribution in [0.3, 0.4) is 0 Å². The van der Waals surface area contributed by atoms with Crippen LogP contribution in [0.25, 0.3) is 11.1 Å². The van der Waals surface area contributed by atoms with Crippen molar-refractivity contribution in [1.82, 2.24) is 5.32 Å². The molecule has 4 heteroatoms. The lowest BCUT2D eigenvalue weighted by molar-refractivity contribution is 0.0428. The topological polar surface area (TPSA) is 58.6 Å². The number of rotatable bonds is 3. The monoisotopic (exact) mass is 283 g/mol. The molecule has 1 unspecified atom stereocenters. The predicted octanol–water partition coefficient (Wildman–Crippen LogP) is 3.24. The second-order valence-electron chi connectivity index (χ2n) is 5.03. The van der Waals surface area contributed by atoms with E-state index in [4.69, 9.17) is 9.84 Å². The second-order valence-corrected chi connectivity index (χ2v) is 5.03. The van der Waals surface area contributed by atoms with Crippen molar-refractivity contribution in [3.63, 3.8) is 0 Å². The Labute approximate surface area is 123 Å². The molecule has 0 saturated heterocycles. The molecule has 1 aliphatic rings. The Balaban J connectivity index is 1.96. The molecule has 3 rings (SSSR count). The first-order chi connectivity index (χ1) is 10.3. The van der Waals surface area contributed by atoms with Crippen molar-refractivity contribution >= 4 is 6.09 Å². The molecule has 0 radical (unpaired) electrons. The molecule has 4 nitrogen and oxygen atoms in total. The Kier molecular flexibility index (Phi) is 3.88. The maximum Gasteiger partial charge on any atom is 0.404 e. The largest absolute Gasteiger partial charge is 0.465 e. The van der Waals surface area contributed by atoms with Gasteiger partial charge in [0.1, 0.15) is 6.10 Å². The van der Waals surface area contributed by atoms with E-state index in [1.807, 2.05) is 30.3 Å². The molecule has 1 atom stereocenters. The van der Waals surface area contributed by atoms with Crippen molar-refractivity contribution in [3.8, 4) is 11.1 Å². The highest BCUT2D eigenvalue weighted by Gasteiger charge is 2.23. The minimum absolute atomic E-state index is 0.214. The van der Waals surface area contributed by atoms with Crippen LogP contribution < -0.4 is 5.32 Å². The molecular weight excluding hydrogens is 266 g/mol. The van der Waals surface area contributed by atoms with Gasteiger partial charge >= 0.3 is 6.09 Å². The Hall–Kier alpha value is -2.33. The molecule has 0 bridgehead atoms. The summed E-state index contributed by atoms with van der Waals surface area (Å²) >= 11 is 0. The van der Waals surface area contributed by atoms with Crippen molar-refractivity contribution in [3.05, 3.63) is 59.7 Å². The van der Waals surface area contributed by atoms with E-state index in [0.29, 0.717) is 6.61 Å². The fraction of sp³-hybridized carbons (Fsp3) is 0.235. The van der Waals surface area contributed by atoms with E-state index in [0.717, 1.165) is 12.0 Å². The molecule has 0 aromatic heterocycles. The Morgan fingerprint density at radius 1 is 1.19 bits per heavy atom. The summed E-state index contributed by atoms with van der Waals surface area (Å²) < 4.78 is 5.72. The van der Waals surface area contributed by atoms with E-state index in [1.54, 1.807) is 0 Å². The summed E-state index contributed by atoms with van der Waals surface area (Å²) in [6.07, 6.45) is -0.386. The Morgan fingerprint density at radius 3 is 2.76 bits per heavy atom. The van der Waals surface area contributed by atoms with Gasteiger partial charge in [0.2, 0.25) is 0 Å². The van der Waals surface area contributed by atoms with Crippen LogP contribution in [-0.4, -0.2) is 24.4 Å². The van der Waals surface area contributed by atoms with Crippen LogP contribution in [0.5, 0.6) is 0 Å². The van der Waals surface area contributed by atoms with Gasteiger partial charge in [0.25, 0.3) is 0 Å². The van der Waals surface area contributed by atoms with Gasteiger partial charge in [-0.3, -0.25) is 0 Å². The Bertz CT molecular complexity index is 640. The number of hydrogen-bond acceptors (Lipinski definition) is 2. The van der Waals surface area contributed by atoms with E-state index in [1.165, 1.54) is 16.7 Å². The molecule has 0 spiro atoms. The standard InChI is InChI=1S/C17H17NO3/c19-17(20)18-11-16-15-8-4-7-13(14(15)9-10-21-16)12-5-2-1-3-6-12/h1-8,16,18H,9-11H2,(H,19,20). The van der Waals surface area contributed by atoms with Crippen molar-refractivity contribution in [1.29, 1.82) is 0 Å². The van der Waals surface area contributed by atoms with Gasteiger partial charge < -0.3 is 15.2 Å². The predicted molar refractivity (Wildman–Crippen MR) is 80.3 cm³/mol. The lowest BCUT2D eigenvalue weighted by Crippen LogP contribution is -2.30. The average molecular weight is 283 g/mol. The molecule has 2 aromatic carbocycles. The fourth-order valence-electron chi connectivity index (χ4n) is 2.82. The number of ether oxygens (including phenoxy) is 1. The normalized spacial score (nSPS) is 17.0. The fourth-order valence-corrected chi connectivity index (χ4v) is 2.82. The van der Waals surface area contributed by atoms with Crippen LogP contribution >= 0.6 is 0 Å². The molecule has 2 N–H and O–H groups in total. The molecule has 1 aliphatic heterocycles. The average Bonchev–Trinajstić information content (AvgIpc) is 2.53. The summed E-state index contributed by atoms with van der Waals surface area (Å²) in [6.45, 7) is 0.892. The van der Waals surface area contributed by atoms with Crippen molar-refractivity contribution in [2.75, 3.05) is 13.2 Å². The number of fused-ring (bicyclic) bond motifs is 1. The van der Waals surface area contributed by atoms with Gasteiger partial charge in [-0.1, -0.05) is 48.5 Å². The zero-order chi connectivity index (χ0) is 14.7. The molecule has 0 saturated carbocycles. The molecule has 1 amide bonds. The lowest BCUT2D eigenvalue weighted by atomic mass is 9.89. The van der Waals surface area contributed by atoms with E-state index in [9.17, 15) is 4.79 Å². The first-order valence-corrected chi connectivity index (χ1v) is 7.01. The number of carboxylic acid groups (broad SMARTS) is 1. The minimum Gasteiger partial charge on any atom is -0.465 e. The smallest absolute Gasteiger partial charge is 0.404 e. The van der Waals surface area contributed by atoms with E-state index < -0.39 is 6.09 Å². The van der Waals surface area contributed by atoms with Gasteiger partial charge in [-0.05, 0) is 28.7 Å². The van der Waals surface area contributed by atoms with Crippen LogP contribution in [0.15, 0.2) is 48.5 Å². The van der Waals surface area contributed by atoms with Crippen LogP contribution in [0.1, 0.15) is 17.2 Å². The summed E-state index contributed by atoms with van der Waals surface area (Å²) in [5.74, 6) is 0. The van der Waals surface area contributed by atoms with Gasteiger partial charge in [0.15, 0.2) is 0 Å². The van der Waals surface area contributed by atoms with Crippen molar-refractivity contribution in [2.24, 2.45) is 0 Å². The van der Waals surface area contributed by atoms with Crippen molar-refractivity contribution < 1.29 is 14.6 Å². The van der Waals surface area contributed by atoms with Crippen LogP contribution in [0.2, 0.25) is 0 Å². The third-order valence-electron chi connectivity index (χ3n) is 3.75. The first kappa shape index (κ1) is 13.6. The van der Waals surface area contributed by atoms with Crippen LogP contribution in [0.4, 0.5) is 4.79 Å². The summed E-state index contributed by atoms with van der Waals surface area (Å²) in [5, 5.41) is 11.2. The van der Waals surface area contributed by atoms with Gasteiger partial charge in [0.05, 0.1) is 13.2 Å². The molecular formula is C17H17NO3. The number of nitrogens with one attached hydrogen (secondary N) is 1. The summed E-state index contributed by atoms with van der Waals surface area (Å²) in [5.41, 5.74) is 4.72. The zero-order valence-electron chi connectivity index (χ0n) is 11.6. The molecule has 0 aliphatic carbocycles. The second kappa shape index (κ2) is 5.97. The maximum absolute atomic E-state index is 10.7. The van der Waals surface area contributed by atoms with E-state index in [-0.39, 0.29) is 12.6 Å². The number of amides is 1. The highest BCUT2D eigenvalue weighted by Crippen LogP contribution is 2.34. The zero-order valence-corrected chi connectivity index (χ0v) is 11.6. The molecule has 21 heavy (non-hydrogen) atoms. The molecule has 2 aromatic rings. The molecule has 1 heterocycles. The van der Waals surface area contributed by atoms with Gasteiger partial charge in [0, 0.05) is 0 Å². The van der Waals surface area contributed by atoms with E-state index >= 15 is 0 Å². The number of benzene rings is 2. The third-order valence-corrected chi connectivity index (χ3v) is 3.75. The number of carbonyl (C=O) groups is 1. The minimum atomic E-state index is -1.02. The first-order valence-electron chi connectivity index (χ1n) is 7.01. The Morgan fingerprint density at radius 2 is 2.00 bits per heavy atom. The van der Waals surface area contributed by atoms with Gasteiger partial charge in [-0.15, -0.1) is 0 Å². The van der Waals surface area contributed by atoms with Crippen molar-refractivity contribution in [2.45, 2.75) is 12.5 Å².